The van der Waals surface area contributed by atoms with Gasteiger partial charge in [0.25, 0.3) is 0 Å². The van der Waals surface area contributed by atoms with Gasteiger partial charge in [0.05, 0.1) is 12.8 Å². The molecular weight excluding hydrogens is 248 g/mol. The van der Waals surface area contributed by atoms with Crippen LogP contribution < -0.4 is 4.74 Å². The van der Waals surface area contributed by atoms with Crippen LogP contribution in [0.4, 0.5) is 0 Å². The van der Waals surface area contributed by atoms with E-state index in [1.165, 1.54) is 11.1 Å². The van der Waals surface area contributed by atoms with E-state index in [1.54, 1.807) is 7.11 Å². The van der Waals surface area contributed by atoms with Crippen molar-refractivity contribution in [3.05, 3.63) is 40.3 Å². The fourth-order valence-electron chi connectivity index (χ4n) is 1.83. The van der Waals surface area contributed by atoms with E-state index in [4.69, 9.17) is 16.3 Å². The molecule has 1 aromatic heterocycles. The molecule has 0 fully saturated rings. The molecule has 0 aliphatic carbocycles. The number of rotatable bonds is 2. The van der Waals surface area contributed by atoms with Gasteiger partial charge in [-0.2, -0.15) is 0 Å². The van der Waals surface area contributed by atoms with Crippen LogP contribution in [0.5, 0.6) is 5.75 Å². The minimum absolute atomic E-state index is 0.255. The maximum absolute atomic E-state index is 5.90. The fourth-order valence-corrected chi connectivity index (χ4v) is 2.05. The van der Waals surface area contributed by atoms with Crippen LogP contribution in [0.3, 0.4) is 0 Å². The van der Waals surface area contributed by atoms with Crippen molar-refractivity contribution in [2.45, 2.75) is 20.8 Å². The van der Waals surface area contributed by atoms with E-state index >= 15 is 0 Å². The Morgan fingerprint density at radius 3 is 2.28 bits per heavy atom. The summed E-state index contributed by atoms with van der Waals surface area (Å²) in [7, 11) is 1.66. The molecule has 0 aliphatic heterocycles. The first kappa shape index (κ1) is 12.8. The first-order valence-electron chi connectivity index (χ1n) is 5.68. The number of aryl methyl sites for hydroxylation is 3. The summed E-state index contributed by atoms with van der Waals surface area (Å²) in [5.74, 6) is 0.798. The molecule has 2 aromatic rings. The smallest absolute Gasteiger partial charge is 0.223 e. The number of hydrogen-bond donors (Lipinski definition) is 0. The van der Waals surface area contributed by atoms with Crippen LogP contribution in [0, 0.1) is 20.8 Å². The van der Waals surface area contributed by atoms with Crippen LogP contribution >= 0.6 is 11.6 Å². The molecule has 18 heavy (non-hydrogen) atoms. The summed E-state index contributed by atoms with van der Waals surface area (Å²) in [5.41, 5.74) is 4.94. The fraction of sp³-hybridized carbons (Fsp3) is 0.286. The number of nitrogens with zero attached hydrogens (tertiary/aromatic N) is 2. The standard InChI is InChI=1S/C14H15ClN2O/c1-8-5-11(13(18-4)6-9(8)2)12-7-10(3)16-14(15)17-12/h5-7H,1-4H3. The average molecular weight is 263 g/mol. The Kier molecular flexibility index (Phi) is 3.53. The van der Waals surface area contributed by atoms with Crippen molar-refractivity contribution < 1.29 is 4.74 Å². The van der Waals surface area contributed by atoms with Crippen molar-refractivity contribution >= 4 is 11.6 Å². The monoisotopic (exact) mass is 262 g/mol. The third-order valence-electron chi connectivity index (χ3n) is 2.92. The molecule has 0 saturated heterocycles. The molecule has 0 saturated carbocycles. The topological polar surface area (TPSA) is 35.0 Å². The number of halogens is 1. The molecular formula is C14H15ClN2O. The zero-order chi connectivity index (χ0) is 13.3. The Hall–Kier alpha value is -1.61. The van der Waals surface area contributed by atoms with E-state index in [1.807, 2.05) is 19.1 Å². The predicted octanol–water partition coefficient (Wildman–Crippen LogP) is 3.73. The second-order valence-electron chi connectivity index (χ2n) is 4.30. The number of methoxy groups -OCH3 is 1. The summed E-state index contributed by atoms with van der Waals surface area (Å²) < 4.78 is 5.41. The molecule has 1 heterocycles. The van der Waals surface area contributed by atoms with E-state index in [0.29, 0.717) is 0 Å². The van der Waals surface area contributed by atoms with Crippen LogP contribution in [-0.4, -0.2) is 17.1 Å². The molecule has 0 atom stereocenters. The molecule has 0 aliphatic rings. The highest BCUT2D eigenvalue weighted by Gasteiger charge is 2.11. The first-order chi connectivity index (χ1) is 8.51. The summed E-state index contributed by atoms with van der Waals surface area (Å²) in [6.07, 6.45) is 0. The van der Waals surface area contributed by atoms with Gasteiger partial charge in [-0.1, -0.05) is 0 Å². The second kappa shape index (κ2) is 4.94. The minimum Gasteiger partial charge on any atom is -0.496 e. The Labute approximate surface area is 112 Å². The highest BCUT2D eigenvalue weighted by Crippen LogP contribution is 2.32. The van der Waals surface area contributed by atoms with Crippen LogP contribution in [0.15, 0.2) is 18.2 Å². The molecule has 0 bridgehead atoms. The summed E-state index contributed by atoms with van der Waals surface area (Å²) in [4.78, 5) is 8.33. The van der Waals surface area contributed by atoms with Gasteiger partial charge < -0.3 is 4.74 Å². The molecule has 0 unspecified atom stereocenters. The van der Waals surface area contributed by atoms with Crippen molar-refractivity contribution in [3.8, 4) is 17.0 Å². The normalized spacial score (nSPS) is 10.5. The number of hydrogen-bond acceptors (Lipinski definition) is 3. The lowest BCUT2D eigenvalue weighted by Crippen LogP contribution is -1.95. The van der Waals surface area contributed by atoms with E-state index in [2.05, 4.69) is 29.9 Å². The lowest BCUT2D eigenvalue weighted by atomic mass is 10.0. The molecule has 4 heteroatoms. The van der Waals surface area contributed by atoms with E-state index in [9.17, 15) is 0 Å². The lowest BCUT2D eigenvalue weighted by molar-refractivity contribution is 0.416. The molecule has 2 rings (SSSR count). The molecule has 0 spiro atoms. The average Bonchev–Trinajstić information content (AvgIpc) is 2.30. The van der Waals surface area contributed by atoms with Gasteiger partial charge in [-0.15, -0.1) is 0 Å². The van der Waals surface area contributed by atoms with Crippen molar-refractivity contribution in [1.82, 2.24) is 9.97 Å². The third-order valence-corrected chi connectivity index (χ3v) is 3.09. The summed E-state index contributed by atoms with van der Waals surface area (Å²) >= 11 is 5.90. The summed E-state index contributed by atoms with van der Waals surface area (Å²) in [5, 5.41) is 0.255. The van der Waals surface area contributed by atoms with Gasteiger partial charge in [-0.05, 0) is 61.7 Å². The van der Waals surface area contributed by atoms with Gasteiger partial charge in [0.1, 0.15) is 5.75 Å². The Morgan fingerprint density at radius 2 is 1.67 bits per heavy atom. The Bertz CT molecular complexity index is 576. The van der Waals surface area contributed by atoms with Gasteiger partial charge in [-0.3, -0.25) is 0 Å². The van der Waals surface area contributed by atoms with Gasteiger partial charge >= 0.3 is 0 Å². The molecule has 0 N–H and O–H groups in total. The zero-order valence-electron chi connectivity index (χ0n) is 10.9. The zero-order valence-corrected chi connectivity index (χ0v) is 11.7. The summed E-state index contributed by atoms with van der Waals surface area (Å²) in [6.45, 7) is 6.01. The Balaban J connectivity index is 2.65. The highest BCUT2D eigenvalue weighted by atomic mass is 35.5. The lowest BCUT2D eigenvalue weighted by Gasteiger charge is -2.11. The van der Waals surface area contributed by atoms with Gasteiger partial charge in [0.15, 0.2) is 0 Å². The third kappa shape index (κ3) is 2.46. The van der Waals surface area contributed by atoms with Crippen LogP contribution in [0.1, 0.15) is 16.8 Å². The summed E-state index contributed by atoms with van der Waals surface area (Å²) in [6, 6.07) is 5.97. The van der Waals surface area contributed by atoms with E-state index in [-0.39, 0.29) is 5.28 Å². The van der Waals surface area contributed by atoms with Gasteiger partial charge in [0.2, 0.25) is 5.28 Å². The van der Waals surface area contributed by atoms with E-state index < -0.39 is 0 Å². The molecule has 3 nitrogen and oxygen atoms in total. The van der Waals surface area contributed by atoms with Crippen molar-refractivity contribution in [2.24, 2.45) is 0 Å². The van der Waals surface area contributed by atoms with Crippen molar-refractivity contribution in [3.63, 3.8) is 0 Å². The van der Waals surface area contributed by atoms with Gasteiger partial charge in [0, 0.05) is 11.3 Å². The van der Waals surface area contributed by atoms with Crippen molar-refractivity contribution in [2.75, 3.05) is 7.11 Å². The number of benzene rings is 1. The molecule has 0 amide bonds. The van der Waals surface area contributed by atoms with E-state index in [0.717, 1.165) is 22.7 Å². The second-order valence-corrected chi connectivity index (χ2v) is 4.64. The van der Waals surface area contributed by atoms with Gasteiger partial charge in [-0.25, -0.2) is 9.97 Å². The minimum atomic E-state index is 0.255. The Morgan fingerprint density at radius 1 is 1.00 bits per heavy atom. The molecule has 94 valence electrons. The number of ether oxygens (including phenoxy) is 1. The predicted molar refractivity (Wildman–Crippen MR) is 73.2 cm³/mol. The van der Waals surface area contributed by atoms with Crippen LogP contribution in [-0.2, 0) is 0 Å². The first-order valence-corrected chi connectivity index (χ1v) is 6.06. The SMILES string of the molecule is COc1cc(C)c(C)cc1-c1cc(C)nc(Cl)n1. The van der Waals surface area contributed by atoms with Crippen LogP contribution in [0.2, 0.25) is 5.28 Å². The molecule has 0 radical (unpaired) electrons. The van der Waals surface area contributed by atoms with Crippen molar-refractivity contribution in [1.29, 1.82) is 0 Å². The highest BCUT2D eigenvalue weighted by molar-refractivity contribution is 6.28. The number of aromatic nitrogens is 2. The maximum atomic E-state index is 5.90. The quantitative estimate of drug-likeness (QED) is 0.774. The molecule has 1 aromatic carbocycles. The maximum Gasteiger partial charge on any atom is 0.223 e. The van der Waals surface area contributed by atoms with Crippen LogP contribution in [0.25, 0.3) is 11.3 Å². The largest absolute Gasteiger partial charge is 0.496 e.